The van der Waals surface area contributed by atoms with Gasteiger partial charge in [0.05, 0.1) is 6.10 Å². The highest BCUT2D eigenvalue weighted by atomic mass is 16.3. The molecule has 0 spiro atoms. The van der Waals surface area contributed by atoms with E-state index in [1.807, 2.05) is 6.92 Å². The summed E-state index contributed by atoms with van der Waals surface area (Å²) in [6, 6.07) is 8.48. The van der Waals surface area contributed by atoms with E-state index in [1.54, 1.807) is 0 Å². The molecular weight excluding hydrogens is 160 g/mol. The van der Waals surface area contributed by atoms with E-state index in [2.05, 4.69) is 31.2 Å². The topological polar surface area (TPSA) is 20.2 Å². The molecule has 0 radical (unpaired) electrons. The summed E-state index contributed by atoms with van der Waals surface area (Å²) in [5, 5.41) is 9.41. The number of rotatable bonds is 2. The minimum absolute atomic E-state index is 0.149. The second-order valence-corrected chi connectivity index (χ2v) is 4.10. The van der Waals surface area contributed by atoms with E-state index in [0.717, 1.165) is 6.42 Å². The van der Waals surface area contributed by atoms with Crippen molar-refractivity contribution in [2.75, 3.05) is 0 Å². The molecule has 1 nitrogen and oxygen atoms in total. The van der Waals surface area contributed by atoms with Gasteiger partial charge in [0.25, 0.3) is 0 Å². The second kappa shape index (κ2) is 3.15. The second-order valence-electron chi connectivity index (χ2n) is 4.10. The Labute approximate surface area is 79.4 Å². The molecule has 0 aromatic heterocycles. The van der Waals surface area contributed by atoms with Gasteiger partial charge in [0.1, 0.15) is 0 Å². The van der Waals surface area contributed by atoms with E-state index in [4.69, 9.17) is 0 Å². The number of benzene rings is 1. The lowest BCUT2D eigenvalue weighted by atomic mass is 10.0. The van der Waals surface area contributed by atoms with Crippen LogP contribution in [0.5, 0.6) is 0 Å². The van der Waals surface area contributed by atoms with Crippen LogP contribution in [0, 0.1) is 12.8 Å². The van der Waals surface area contributed by atoms with Crippen molar-refractivity contribution in [3.63, 3.8) is 0 Å². The van der Waals surface area contributed by atoms with Crippen molar-refractivity contribution in [3.8, 4) is 0 Å². The molecule has 0 aliphatic heterocycles. The Bertz CT molecular complexity index is 304. The van der Waals surface area contributed by atoms with Gasteiger partial charge < -0.3 is 5.11 Å². The average molecular weight is 176 g/mol. The first kappa shape index (κ1) is 8.76. The minimum Gasteiger partial charge on any atom is -0.393 e. The lowest BCUT2D eigenvalue weighted by Gasteiger charge is -2.05. The van der Waals surface area contributed by atoms with E-state index >= 15 is 0 Å². The van der Waals surface area contributed by atoms with Gasteiger partial charge in [-0.3, -0.25) is 0 Å². The third-order valence-corrected chi connectivity index (χ3v) is 3.05. The van der Waals surface area contributed by atoms with E-state index < -0.39 is 0 Å². The van der Waals surface area contributed by atoms with Gasteiger partial charge in [-0.2, -0.15) is 0 Å². The SMILES string of the molecule is Cc1ccccc1[C@@H]1C[C@H]1[C@H](C)O. The van der Waals surface area contributed by atoms with Gasteiger partial charge in [0, 0.05) is 0 Å². The molecule has 13 heavy (non-hydrogen) atoms. The average Bonchev–Trinajstić information content (AvgIpc) is 2.84. The number of hydrogen-bond acceptors (Lipinski definition) is 1. The molecule has 1 aliphatic carbocycles. The first-order valence-electron chi connectivity index (χ1n) is 4.93. The molecule has 1 heteroatoms. The summed E-state index contributed by atoms with van der Waals surface area (Å²) in [5.41, 5.74) is 2.78. The van der Waals surface area contributed by atoms with Gasteiger partial charge in [-0.25, -0.2) is 0 Å². The molecule has 1 aromatic rings. The molecule has 0 heterocycles. The van der Waals surface area contributed by atoms with Crippen molar-refractivity contribution in [3.05, 3.63) is 35.4 Å². The lowest BCUT2D eigenvalue weighted by molar-refractivity contribution is 0.169. The van der Waals surface area contributed by atoms with Crippen molar-refractivity contribution in [1.29, 1.82) is 0 Å². The Hall–Kier alpha value is -0.820. The van der Waals surface area contributed by atoms with Crippen LogP contribution >= 0.6 is 0 Å². The third-order valence-electron chi connectivity index (χ3n) is 3.05. The molecule has 1 N–H and O–H groups in total. The van der Waals surface area contributed by atoms with Crippen LogP contribution in [0.3, 0.4) is 0 Å². The van der Waals surface area contributed by atoms with Gasteiger partial charge in [-0.15, -0.1) is 0 Å². The normalized spacial score (nSPS) is 28.5. The number of aryl methyl sites for hydroxylation is 1. The Morgan fingerprint density at radius 3 is 2.62 bits per heavy atom. The zero-order valence-electron chi connectivity index (χ0n) is 8.20. The maximum absolute atomic E-state index is 9.41. The van der Waals surface area contributed by atoms with Gasteiger partial charge in [0.15, 0.2) is 0 Å². The van der Waals surface area contributed by atoms with Crippen LogP contribution < -0.4 is 0 Å². The molecule has 1 aromatic carbocycles. The van der Waals surface area contributed by atoms with Crippen LogP contribution in [0.15, 0.2) is 24.3 Å². The Morgan fingerprint density at radius 2 is 2.08 bits per heavy atom. The zero-order valence-corrected chi connectivity index (χ0v) is 8.20. The predicted octanol–water partition coefficient (Wildman–Crippen LogP) is 2.48. The molecule has 0 unspecified atom stereocenters. The van der Waals surface area contributed by atoms with Crippen LogP contribution in [0.2, 0.25) is 0 Å². The summed E-state index contributed by atoms with van der Waals surface area (Å²) in [5.74, 6) is 1.11. The Kier molecular flexibility index (Phi) is 2.12. The molecule has 0 bridgehead atoms. The lowest BCUT2D eigenvalue weighted by Crippen LogP contribution is -2.03. The van der Waals surface area contributed by atoms with E-state index in [9.17, 15) is 5.11 Å². The highest BCUT2D eigenvalue weighted by molar-refractivity contribution is 5.33. The number of hydrogen-bond donors (Lipinski definition) is 1. The predicted molar refractivity (Wildman–Crippen MR) is 53.7 cm³/mol. The standard InChI is InChI=1S/C12H16O/c1-8-5-3-4-6-10(8)12-7-11(12)9(2)13/h3-6,9,11-13H,7H2,1-2H3/t9-,11-,12-/m0/s1. The molecular formula is C12H16O. The maximum atomic E-state index is 9.41. The van der Waals surface area contributed by atoms with Gasteiger partial charge in [-0.05, 0) is 43.2 Å². The van der Waals surface area contributed by atoms with Gasteiger partial charge in [0.2, 0.25) is 0 Å². The van der Waals surface area contributed by atoms with Crippen molar-refractivity contribution in [2.45, 2.75) is 32.3 Å². The highest BCUT2D eigenvalue weighted by Crippen LogP contribution is 2.50. The number of aliphatic hydroxyl groups excluding tert-OH is 1. The monoisotopic (exact) mass is 176 g/mol. The zero-order chi connectivity index (χ0) is 9.42. The summed E-state index contributed by atoms with van der Waals surface area (Å²) in [7, 11) is 0. The summed E-state index contributed by atoms with van der Waals surface area (Å²) in [4.78, 5) is 0. The minimum atomic E-state index is -0.149. The van der Waals surface area contributed by atoms with Crippen LogP contribution in [0.1, 0.15) is 30.4 Å². The van der Waals surface area contributed by atoms with Gasteiger partial charge >= 0.3 is 0 Å². The molecule has 1 aliphatic rings. The molecule has 2 rings (SSSR count). The molecule has 0 amide bonds. The smallest absolute Gasteiger partial charge is 0.0546 e. The molecule has 1 fully saturated rings. The van der Waals surface area contributed by atoms with Crippen molar-refractivity contribution in [2.24, 2.45) is 5.92 Å². The largest absolute Gasteiger partial charge is 0.393 e. The van der Waals surface area contributed by atoms with Crippen molar-refractivity contribution in [1.82, 2.24) is 0 Å². The van der Waals surface area contributed by atoms with Crippen molar-refractivity contribution >= 4 is 0 Å². The molecule has 3 atom stereocenters. The van der Waals surface area contributed by atoms with E-state index in [1.165, 1.54) is 11.1 Å². The highest BCUT2D eigenvalue weighted by Gasteiger charge is 2.41. The summed E-state index contributed by atoms with van der Waals surface area (Å²) >= 11 is 0. The van der Waals surface area contributed by atoms with Crippen LogP contribution in [-0.4, -0.2) is 11.2 Å². The third kappa shape index (κ3) is 1.61. The van der Waals surface area contributed by atoms with Crippen LogP contribution in [0.4, 0.5) is 0 Å². The van der Waals surface area contributed by atoms with E-state index in [-0.39, 0.29) is 6.10 Å². The molecule has 70 valence electrons. The molecule has 0 saturated heterocycles. The first-order valence-corrected chi connectivity index (χ1v) is 4.93. The number of aliphatic hydroxyl groups is 1. The fourth-order valence-electron chi connectivity index (χ4n) is 2.11. The Morgan fingerprint density at radius 1 is 1.38 bits per heavy atom. The van der Waals surface area contributed by atoms with Crippen molar-refractivity contribution < 1.29 is 5.11 Å². The fourth-order valence-corrected chi connectivity index (χ4v) is 2.11. The quantitative estimate of drug-likeness (QED) is 0.734. The maximum Gasteiger partial charge on any atom is 0.0546 e. The summed E-state index contributed by atoms with van der Waals surface area (Å²) in [6.07, 6.45) is 1.01. The van der Waals surface area contributed by atoms with Crippen LogP contribution in [0.25, 0.3) is 0 Å². The Balaban J connectivity index is 2.16. The summed E-state index contributed by atoms with van der Waals surface area (Å²) < 4.78 is 0. The van der Waals surface area contributed by atoms with Crippen LogP contribution in [-0.2, 0) is 0 Å². The molecule has 1 saturated carbocycles. The fraction of sp³-hybridized carbons (Fsp3) is 0.500. The van der Waals surface area contributed by atoms with E-state index in [0.29, 0.717) is 11.8 Å². The van der Waals surface area contributed by atoms with Gasteiger partial charge in [-0.1, -0.05) is 24.3 Å². The summed E-state index contributed by atoms with van der Waals surface area (Å²) in [6.45, 7) is 4.04. The first-order chi connectivity index (χ1) is 6.20.